The summed E-state index contributed by atoms with van der Waals surface area (Å²) in [5.74, 6) is -3.66. The van der Waals surface area contributed by atoms with Crippen molar-refractivity contribution in [2.45, 2.75) is 130 Å². The van der Waals surface area contributed by atoms with Gasteiger partial charge >= 0.3 is 11.9 Å². The highest BCUT2D eigenvalue weighted by molar-refractivity contribution is 6.19. The number of anilines is 1. The molecule has 6 aliphatic rings. The van der Waals surface area contributed by atoms with Gasteiger partial charge in [0.25, 0.3) is 11.7 Å². The molecule has 3 aromatic carbocycles. The smallest absolute Gasteiger partial charge is 0.410 e. The van der Waals surface area contributed by atoms with E-state index in [0.717, 1.165) is 39.6 Å². The maximum absolute atomic E-state index is 14.8. The van der Waals surface area contributed by atoms with Gasteiger partial charge in [0.15, 0.2) is 11.4 Å². The standard InChI is InChI=1S/C55H71N5O9.C2H2.CH4O/c1-31(2)30-59-26-22-55(23-27-59)57-43-40-41-47(62)37(8)50-42(40)51(64)54(9,69-50)67-28-14-17-33(4)49(68-53(66)60-24-20-39(21-25-60)38-18-11-10-12-19-38)36(7)46(61)35(6)29-32(3)15-13-16-34(5)52(65)56-45(48(41)63)44(43)58-55;2*1-2/h10-16,18-19,28,31-33,35-36,39,46,49,61-63H,17,20-27,29-30H2,1-9H3,(H,56,65);1-2H;2H,1H3/b15-13+,28-14+,34-16-;;/t32?,33-,35-,36-,46?,49?,54?;;/m1../s1. The van der Waals surface area contributed by atoms with E-state index in [0.29, 0.717) is 56.2 Å². The van der Waals surface area contributed by atoms with Crippen molar-refractivity contribution in [1.82, 2.24) is 9.80 Å². The number of aliphatic hydroxyl groups is 2. The van der Waals surface area contributed by atoms with Gasteiger partial charge in [0.05, 0.1) is 28.7 Å². The van der Waals surface area contributed by atoms with Crippen molar-refractivity contribution in [1.29, 1.82) is 0 Å². The number of aliphatic hydroxyl groups excluding tert-OH is 2. The summed E-state index contributed by atoms with van der Waals surface area (Å²) in [5.41, 5.74) is 0.973. The molecule has 0 aliphatic carbocycles. The lowest BCUT2D eigenvalue weighted by molar-refractivity contribution is -0.112. The van der Waals surface area contributed by atoms with Crippen LogP contribution in [0.3, 0.4) is 0 Å². The zero-order valence-corrected chi connectivity index (χ0v) is 44.4. The molecule has 15 nitrogen and oxygen atoms in total. The molecule has 2 fully saturated rings. The number of carbonyl (C=O) groups is 3. The molecular formula is C58H77N5O10. The molecule has 0 radical (unpaired) electrons. The van der Waals surface area contributed by atoms with E-state index in [9.17, 15) is 29.7 Å². The minimum Gasteiger partial charge on any atom is -0.507 e. The van der Waals surface area contributed by atoms with E-state index in [4.69, 9.17) is 29.3 Å². The van der Waals surface area contributed by atoms with Crippen molar-refractivity contribution in [3.8, 4) is 30.1 Å². The van der Waals surface area contributed by atoms with Gasteiger partial charge in [0.2, 0.25) is 0 Å². The number of benzene rings is 3. The van der Waals surface area contributed by atoms with Crippen molar-refractivity contribution in [3.63, 3.8) is 0 Å². The van der Waals surface area contributed by atoms with Crippen LogP contribution >= 0.6 is 0 Å². The van der Waals surface area contributed by atoms with Gasteiger partial charge in [-0.3, -0.25) is 19.6 Å². The molecule has 2 saturated heterocycles. The highest BCUT2D eigenvalue weighted by atomic mass is 16.7. The highest BCUT2D eigenvalue weighted by Gasteiger charge is 2.50. The highest BCUT2D eigenvalue weighted by Crippen LogP contribution is 2.50. The molecule has 15 heteroatoms. The van der Waals surface area contributed by atoms with Crippen LogP contribution < -0.4 is 20.8 Å². The number of Topliss-reactive ketones (excluding diaryl/α,β-unsaturated/α-hetero) is 1. The second-order valence-corrected chi connectivity index (χ2v) is 21.1. The molecule has 9 rings (SSSR count). The lowest BCUT2D eigenvalue weighted by atomic mass is 9.80. The number of terminal acetylenes is 1. The average molecular weight is 1000 g/mol. The Balaban J connectivity index is 0.00000212. The molecule has 6 aliphatic heterocycles. The number of phenols is 2. The molecular weight excluding hydrogens is 927 g/mol. The summed E-state index contributed by atoms with van der Waals surface area (Å²) in [6, 6.07) is 10.4. The quantitative estimate of drug-likeness (QED) is 0.124. The SMILES string of the molecule is C#C.C/C1=C/C=C/C(C)C[C@@H](C)C(O)[C@@H](C)C(OC(=O)N2CCC(c3ccccc3)CC2)[C@H](C)C/C=C/OC2(C)Oc3c(C)c(O)c4c(O)c(c5c(c4c3C2=O)=NC2(CCN(CC(C)C)CC2)N=5)NC1=O.CO. The number of aromatic hydroxyl groups is 2. The number of carbonyl (C=O) groups excluding carboxylic acids is 3. The zero-order chi connectivity index (χ0) is 53.5. The van der Waals surface area contributed by atoms with Crippen LogP contribution in [0.15, 0.2) is 76.5 Å². The molecule has 394 valence electrons. The van der Waals surface area contributed by atoms with E-state index in [-0.39, 0.29) is 67.6 Å². The van der Waals surface area contributed by atoms with Crippen molar-refractivity contribution in [3.05, 3.63) is 93.9 Å². The van der Waals surface area contributed by atoms with E-state index in [1.54, 1.807) is 30.9 Å². The lowest BCUT2D eigenvalue weighted by Gasteiger charge is -2.37. The number of amides is 2. The summed E-state index contributed by atoms with van der Waals surface area (Å²) in [6.45, 7) is 20.6. The summed E-state index contributed by atoms with van der Waals surface area (Å²) in [6.07, 6.45) is 18.5. The molecule has 5 bridgehead atoms. The van der Waals surface area contributed by atoms with Crippen molar-refractivity contribution in [2.24, 2.45) is 39.6 Å². The Labute approximate surface area is 430 Å². The number of ketones is 1. The third-order valence-corrected chi connectivity index (χ3v) is 15.2. The number of piperidine rings is 2. The maximum atomic E-state index is 14.8. The van der Waals surface area contributed by atoms with E-state index in [1.807, 2.05) is 51.1 Å². The van der Waals surface area contributed by atoms with Crippen molar-refractivity contribution >= 4 is 34.2 Å². The third-order valence-electron chi connectivity index (χ3n) is 15.2. The first-order valence-corrected chi connectivity index (χ1v) is 25.8. The number of nitrogens with zero attached hydrogens (tertiary/aromatic N) is 4. The van der Waals surface area contributed by atoms with Crippen LogP contribution in [0.25, 0.3) is 10.8 Å². The Morgan fingerprint density at radius 3 is 2.22 bits per heavy atom. The van der Waals surface area contributed by atoms with Gasteiger partial charge in [0.1, 0.15) is 28.6 Å². The molecule has 2 amide bonds. The second kappa shape index (κ2) is 23.8. The molecule has 1 spiro atoms. The van der Waals surface area contributed by atoms with Gasteiger partial charge in [-0.1, -0.05) is 90.1 Å². The van der Waals surface area contributed by atoms with Crippen molar-refractivity contribution in [2.75, 3.05) is 45.2 Å². The molecule has 0 saturated carbocycles. The number of phenolic OH excluding ortho intramolecular Hbond substituents is 2. The van der Waals surface area contributed by atoms with Gasteiger partial charge in [-0.05, 0) is 80.8 Å². The minimum absolute atomic E-state index is 0.00193. The Morgan fingerprint density at radius 2 is 1.58 bits per heavy atom. The number of allylic oxidation sites excluding steroid dienone is 4. The Kier molecular flexibility index (Phi) is 18.3. The molecule has 4 unspecified atom stereocenters. The number of rotatable bonds is 4. The number of nitrogens with one attached hydrogen (secondary N) is 1. The largest absolute Gasteiger partial charge is 0.507 e. The number of hydrogen-bond donors (Lipinski definition) is 5. The van der Waals surface area contributed by atoms with Gasteiger partial charge < -0.3 is 49.8 Å². The van der Waals surface area contributed by atoms with E-state index >= 15 is 0 Å². The van der Waals surface area contributed by atoms with Crippen LogP contribution in [0.2, 0.25) is 0 Å². The lowest BCUT2D eigenvalue weighted by Crippen LogP contribution is -2.45. The average Bonchev–Trinajstić information content (AvgIpc) is 3.89. The molecule has 0 aromatic heterocycles. The summed E-state index contributed by atoms with van der Waals surface area (Å²) in [5, 5.41) is 46.5. The van der Waals surface area contributed by atoms with Gasteiger partial charge in [-0.25, -0.2) is 4.79 Å². The third kappa shape index (κ3) is 11.8. The van der Waals surface area contributed by atoms with Gasteiger partial charge in [-0.2, -0.15) is 0 Å². The van der Waals surface area contributed by atoms with Gasteiger partial charge in [0, 0.05) is 82.0 Å². The van der Waals surface area contributed by atoms with Gasteiger partial charge in [-0.15, -0.1) is 12.8 Å². The first kappa shape index (κ1) is 56.1. The Bertz CT molecular complexity index is 2730. The molecule has 7 atom stereocenters. The molecule has 3 aromatic rings. The van der Waals surface area contributed by atoms with E-state index < -0.39 is 53.1 Å². The summed E-state index contributed by atoms with van der Waals surface area (Å²) in [7, 11) is 1.00. The fourth-order valence-corrected chi connectivity index (χ4v) is 11.1. The molecule has 6 heterocycles. The number of likely N-dealkylation sites (tertiary alicyclic amines) is 2. The topological polar surface area (TPSA) is 203 Å². The molecule has 73 heavy (non-hydrogen) atoms. The summed E-state index contributed by atoms with van der Waals surface area (Å²) >= 11 is 0. The van der Waals surface area contributed by atoms with Crippen LogP contribution in [-0.4, -0.2) is 112 Å². The summed E-state index contributed by atoms with van der Waals surface area (Å²) < 4.78 is 19.0. The van der Waals surface area contributed by atoms with E-state index in [1.165, 1.54) is 18.7 Å². The second-order valence-electron chi connectivity index (χ2n) is 21.1. The minimum atomic E-state index is -1.88. The van der Waals surface area contributed by atoms with Crippen LogP contribution in [-0.2, 0) is 14.3 Å². The Hall–Kier alpha value is -6.21. The normalized spacial score (nSPS) is 28.2. The van der Waals surface area contributed by atoms with E-state index in [2.05, 4.69) is 56.0 Å². The van der Waals surface area contributed by atoms with Crippen LogP contribution in [0.5, 0.6) is 17.2 Å². The molecule has 5 N–H and O–H groups in total. The Morgan fingerprint density at radius 1 is 0.932 bits per heavy atom. The number of ether oxygens (including phenoxy) is 3. The zero-order valence-electron chi connectivity index (χ0n) is 44.4. The first-order chi connectivity index (χ1) is 34.8. The van der Waals surface area contributed by atoms with Crippen LogP contribution in [0.1, 0.15) is 121 Å². The first-order valence-electron chi connectivity index (χ1n) is 25.8. The number of fused-ring (bicyclic) bond motifs is 13. The fraction of sp³-hybridized carbons (Fsp3) is 0.534. The van der Waals surface area contributed by atoms with Crippen molar-refractivity contribution < 1.29 is 49.0 Å². The monoisotopic (exact) mass is 1000 g/mol. The van der Waals surface area contributed by atoms with Crippen LogP contribution in [0, 0.1) is 49.4 Å². The maximum Gasteiger partial charge on any atom is 0.410 e. The summed E-state index contributed by atoms with van der Waals surface area (Å²) in [4.78, 5) is 57.4. The predicted molar refractivity (Wildman–Crippen MR) is 283 cm³/mol. The fourth-order valence-electron chi connectivity index (χ4n) is 11.1. The number of hydrogen-bond acceptors (Lipinski definition) is 13. The van der Waals surface area contributed by atoms with Crippen LogP contribution in [0.4, 0.5) is 10.5 Å². The predicted octanol–water partition coefficient (Wildman–Crippen LogP) is 8.46.